The maximum Gasteiger partial charge on any atom is 0.307 e. The van der Waals surface area contributed by atoms with E-state index in [9.17, 15) is 4.79 Å². The molecule has 0 saturated heterocycles. The summed E-state index contributed by atoms with van der Waals surface area (Å²) in [7, 11) is 4.69. The molecule has 0 radical (unpaired) electrons. The molecule has 1 rings (SSSR count). The lowest BCUT2D eigenvalue weighted by Crippen LogP contribution is -2.23. The van der Waals surface area contributed by atoms with Gasteiger partial charge in [0.1, 0.15) is 0 Å². The number of halogens is 1. The van der Waals surface area contributed by atoms with Gasteiger partial charge in [-0.3, -0.25) is 4.79 Å². The number of hydrogen-bond donors (Lipinski definition) is 0. The summed E-state index contributed by atoms with van der Waals surface area (Å²) in [5, 5.41) is 0. The van der Waals surface area contributed by atoms with Crippen LogP contribution in [0, 0.1) is 0 Å². The zero-order valence-electron chi connectivity index (χ0n) is 9.94. The fourth-order valence-corrected chi connectivity index (χ4v) is 1.48. The second-order valence-electron chi connectivity index (χ2n) is 3.27. The molecule has 1 aromatic heterocycles. The minimum Gasteiger partial charge on any atom is -0.480 e. The van der Waals surface area contributed by atoms with Gasteiger partial charge in [-0.2, -0.15) is 4.98 Å². The molecule has 0 fully saturated rings. The lowest BCUT2D eigenvalue weighted by molar-refractivity contribution is -0.140. The smallest absolute Gasteiger partial charge is 0.307 e. The van der Waals surface area contributed by atoms with Gasteiger partial charge in [-0.05, 0) is 15.9 Å². The van der Waals surface area contributed by atoms with E-state index in [1.807, 2.05) is 0 Å². The number of carbonyl (C=O) groups is 1. The number of hydrogen-bond acceptors (Lipinski definition) is 6. The third kappa shape index (κ3) is 3.85. The zero-order valence-corrected chi connectivity index (χ0v) is 11.5. The fourth-order valence-electron chi connectivity index (χ4n) is 1.13. The predicted molar refractivity (Wildman–Crippen MR) is 66.2 cm³/mol. The molecule has 6 nitrogen and oxygen atoms in total. The lowest BCUT2D eigenvalue weighted by atomic mass is 10.4. The Morgan fingerprint density at radius 3 is 2.82 bits per heavy atom. The lowest BCUT2D eigenvalue weighted by Gasteiger charge is -2.16. The van der Waals surface area contributed by atoms with Crippen molar-refractivity contribution in [1.82, 2.24) is 9.97 Å². The van der Waals surface area contributed by atoms with Gasteiger partial charge in [-0.1, -0.05) is 0 Å². The molecule has 0 unspecified atom stereocenters. The van der Waals surface area contributed by atoms with Gasteiger partial charge >= 0.3 is 5.97 Å². The van der Waals surface area contributed by atoms with Crippen molar-refractivity contribution in [3.05, 3.63) is 10.7 Å². The summed E-state index contributed by atoms with van der Waals surface area (Å²) in [6, 6.07) is 0. The van der Waals surface area contributed by atoms with Crippen LogP contribution in [-0.2, 0) is 9.53 Å². The monoisotopic (exact) mass is 303 g/mol. The standard InChI is InChI=1S/C10H14BrN3O3/c1-14(5-4-8(15)16-2)10-12-6-7(11)9(13-10)17-3/h6H,4-5H2,1-3H3. The molecule has 94 valence electrons. The van der Waals surface area contributed by atoms with Crippen molar-refractivity contribution >= 4 is 27.8 Å². The van der Waals surface area contributed by atoms with Crippen LogP contribution < -0.4 is 9.64 Å². The molecule has 0 amide bonds. The summed E-state index contributed by atoms with van der Waals surface area (Å²) in [6.45, 7) is 0.484. The summed E-state index contributed by atoms with van der Waals surface area (Å²) in [5.41, 5.74) is 0. The van der Waals surface area contributed by atoms with Crippen molar-refractivity contribution in [2.45, 2.75) is 6.42 Å². The Bertz CT molecular complexity index is 400. The maximum absolute atomic E-state index is 11.0. The molecule has 7 heteroatoms. The predicted octanol–water partition coefficient (Wildman–Crippen LogP) is 1.25. The Morgan fingerprint density at radius 2 is 2.24 bits per heavy atom. The highest BCUT2D eigenvalue weighted by atomic mass is 79.9. The zero-order chi connectivity index (χ0) is 12.8. The first-order chi connectivity index (χ1) is 8.08. The van der Waals surface area contributed by atoms with Crippen molar-refractivity contribution in [2.75, 3.05) is 32.7 Å². The van der Waals surface area contributed by atoms with Gasteiger partial charge in [0, 0.05) is 13.6 Å². The molecule has 0 N–H and O–H groups in total. The summed E-state index contributed by atoms with van der Waals surface area (Å²) in [5.74, 6) is 0.690. The van der Waals surface area contributed by atoms with Gasteiger partial charge in [-0.15, -0.1) is 0 Å². The second kappa shape index (κ2) is 6.39. The molecule has 0 atom stereocenters. The minimum absolute atomic E-state index is 0.263. The van der Waals surface area contributed by atoms with Gasteiger partial charge < -0.3 is 14.4 Å². The highest BCUT2D eigenvalue weighted by Gasteiger charge is 2.10. The summed E-state index contributed by atoms with van der Waals surface area (Å²) in [6.07, 6.45) is 1.89. The number of esters is 1. The Labute approximate surface area is 108 Å². The van der Waals surface area contributed by atoms with Crippen LogP contribution in [0.15, 0.2) is 10.7 Å². The molecule has 0 aromatic carbocycles. The third-order valence-corrected chi connectivity index (χ3v) is 2.66. The van der Waals surface area contributed by atoms with Gasteiger partial charge in [0.15, 0.2) is 0 Å². The highest BCUT2D eigenvalue weighted by molar-refractivity contribution is 9.10. The van der Waals surface area contributed by atoms with Crippen molar-refractivity contribution in [2.24, 2.45) is 0 Å². The Morgan fingerprint density at radius 1 is 1.53 bits per heavy atom. The number of carbonyl (C=O) groups excluding carboxylic acids is 1. The Balaban J connectivity index is 2.68. The first-order valence-corrected chi connectivity index (χ1v) is 5.72. The first-order valence-electron chi connectivity index (χ1n) is 4.93. The molecule has 0 bridgehead atoms. The van der Waals surface area contributed by atoms with E-state index in [2.05, 4.69) is 30.6 Å². The Kier molecular flexibility index (Phi) is 5.14. The molecule has 0 spiro atoms. The van der Waals surface area contributed by atoms with Crippen LogP contribution in [0.4, 0.5) is 5.95 Å². The van der Waals surface area contributed by atoms with Crippen LogP contribution in [0.5, 0.6) is 5.88 Å². The van der Waals surface area contributed by atoms with Crippen LogP contribution in [-0.4, -0.2) is 43.7 Å². The average molecular weight is 304 g/mol. The third-order valence-electron chi connectivity index (χ3n) is 2.11. The van der Waals surface area contributed by atoms with Gasteiger partial charge in [0.25, 0.3) is 0 Å². The number of ether oxygens (including phenoxy) is 2. The minimum atomic E-state index is -0.263. The van der Waals surface area contributed by atoms with Gasteiger partial charge in [-0.25, -0.2) is 4.98 Å². The number of aromatic nitrogens is 2. The van der Waals surface area contributed by atoms with Crippen LogP contribution in [0.2, 0.25) is 0 Å². The van der Waals surface area contributed by atoms with Gasteiger partial charge in [0.2, 0.25) is 11.8 Å². The van der Waals surface area contributed by atoms with Crippen molar-refractivity contribution in [3.8, 4) is 5.88 Å². The number of nitrogens with zero attached hydrogens (tertiary/aromatic N) is 3. The van der Waals surface area contributed by atoms with E-state index in [0.29, 0.717) is 22.8 Å². The van der Waals surface area contributed by atoms with E-state index in [0.717, 1.165) is 0 Å². The van der Waals surface area contributed by atoms with E-state index < -0.39 is 0 Å². The van der Waals surface area contributed by atoms with E-state index in [1.54, 1.807) is 18.1 Å². The van der Waals surface area contributed by atoms with Crippen LogP contribution in [0.25, 0.3) is 0 Å². The van der Waals surface area contributed by atoms with E-state index >= 15 is 0 Å². The second-order valence-corrected chi connectivity index (χ2v) is 4.13. The van der Waals surface area contributed by atoms with E-state index in [-0.39, 0.29) is 12.4 Å². The first kappa shape index (κ1) is 13.7. The summed E-state index contributed by atoms with van der Waals surface area (Å²) >= 11 is 3.27. The topological polar surface area (TPSA) is 64.5 Å². The molecule has 0 saturated carbocycles. The molecule has 0 aliphatic rings. The van der Waals surface area contributed by atoms with Crippen LogP contribution >= 0.6 is 15.9 Å². The Hall–Kier alpha value is -1.37. The summed E-state index contributed by atoms with van der Waals surface area (Å²) < 4.78 is 10.3. The molecular formula is C10H14BrN3O3. The molecular weight excluding hydrogens is 290 g/mol. The number of methoxy groups -OCH3 is 2. The molecule has 17 heavy (non-hydrogen) atoms. The normalized spacial score (nSPS) is 9.88. The number of anilines is 1. The molecule has 1 heterocycles. The quantitative estimate of drug-likeness (QED) is 0.763. The highest BCUT2D eigenvalue weighted by Crippen LogP contribution is 2.22. The van der Waals surface area contributed by atoms with Gasteiger partial charge in [0.05, 0.1) is 31.3 Å². The molecule has 1 aromatic rings. The van der Waals surface area contributed by atoms with Crippen LogP contribution in [0.1, 0.15) is 6.42 Å². The van der Waals surface area contributed by atoms with Crippen LogP contribution in [0.3, 0.4) is 0 Å². The van der Waals surface area contributed by atoms with Crippen molar-refractivity contribution < 1.29 is 14.3 Å². The average Bonchev–Trinajstić information content (AvgIpc) is 2.35. The summed E-state index contributed by atoms with van der Waals surface area (Å²) in [4.78, 5) is 21.1. The fraction of sp³-hybridized carbons (Fsp3) is 0.500. The maximum atomic E-state index is 11.0. The molecule has 0 aliphatic heterocycles. The number of rotatable bonds is 5. The molecule has 0 aliphatic carbocycles. The van der Waals surface area contributed by atoms with E-state index in [4.69, 9.17) is 4.74 Å². The van der Waals surface area contributed by atoms with Crippen molar-refractivity contribution in [1.29, 1.82) is 0 Å². The van der Waals surface area contributed by atoms with Crippen molar-refractivity contribution in [3.63, 3.8) is 0 Å². The van der Waals surface area contributed by atoms with E-state index in [1.165, 1.54) is 14.2 Å². The SMILES string of the molecule is COC(=O)CCN(C)c1ncc(Br)c(OC)n1. The largest absolute Gasteiger partial charge is 0.480 e.